The van der Waals surface area contributed by atoms with Gasteiger partial charge in [0.1, 0.15) is 22.7 Å². The summed E-state index contributed by atoms with van der Waals surface area (Å²) < 4.78 is 12.4. The minimum atomic E-state index is -0.504. The van der Waals surface area contributed by atoms with E-state index in [4.69, 9.17) is 9.15 Å². The first-order valence-electron chi connectivity index (χ1n) is 9.26. The molecule has 0 atom stereocenters. The molecule has 0 saturated heterocycles. The molecule has 3 rings (SSSR count). The van der Waals surface area contributed by atoms with Crippen LogP contribution in [0, 0.1) is 0 Å². The third-order valence-electron chi connectivity index (χ3n) is 4.64. The number of hydrogen-bond acceptors (Lipinski definition) is 3. The first-order chi connectivity index (χ1) is 13.6. The van der Waals surface area contributed by atoms with Crippen molar-refractivity contribution >= 4 is 11.0 Å². The minimum Gasteiger partial charge on any atom is -0.486 e. The first kappa shape index (κ1) is 19.4. The topological polar surface area (TPSA) is 39.4 Å². The summed E-state index contributed by atoms with van der Waals surface area (Å²) in [6, 6.07) is 16.4. The lowest BCUT2D eigenvalue weighted by molar-refractivity contribution is 0.0780. The van der Waals surface area contributed by atoms with Crippen molar-refractivity contribution in [1.29, 1.82) is 0 Å². The van der Waals surface area contributed by atoms with E-state index < -0.39 is 5.60 Å². The Bertz CT molecular complexity index is 1020. The van der Waals surface area contributed by atoms with E-state index >= 15 is 0 Å². The predicted octanol–water partition coefficient (Wildman–Crippen LogP) is 6.31. The molecule has 0 spiro atoms. The normalized spacial score (nSPS) is 11.1. The van der Waals surface area contributed by atoms with Gasteiger partial charge in [-0.2, -0.15) is 0 Å². The molecule has 28 heavy (non-hydrogen) atoms. The summed E-state index contributed by atoms with van der Waals surface area (Å²) in [4.78, 5) is 12.5. The standard InChI is InChI=1S/C25H24O3/c1-4-14-25(15-5-2,16-6-3)28-20-12-13-21-22(26)18-23(27-24(21)17-20)19-10-8-7-9-11-19/h4-13,17-18H,1-3,14-16H2. The molecular formula is C25H24O3. The van der Waals surface area contributed by atoms with Crippen LogP contribution >= 0.6 is 0 Å². The van der Waals surface area contributed by atoms with Gasteiger partial charge >= 0.3 is 0 Å². The monoisotopic (exact) mass is 372 g/mol. The highest BCUT2D eigenvalue weighted by molar-refractivity contribution is 5.80. The second-order valence-corrected chi connectivity index (χ2v) is 6.76. The van der Waals surface area contributed by atoms with Gasteiger partial charge in [-0.15, -0.1) is 19.7 Å². The zero-order chi connectivity index (χ0) is 20.0. The van der Waals surface area contributed by atoms with Crippen molar-refractivity contribution in [2.75, 3.05) is 0 Å². The summed E-state index contributed by atoms with van der Waals surface area (Å²) >= 11 is 0. The SMILES string of the molecule is C=CCC(CC=C)(CC=C)Oc1ccc2c(=O)cc(-c3ccccc3)oc2c1. The number of rotatable bonds is 9. The molecule has 0 aliphatic carbocycles. The van der Waals surface area contributed by atoms with Gasteiger partial charge in [-0.1, -0.05) is 48.6 Å². The highest BCUT2D eigenvalue weighted by Gasteiger charge is 2.28. The smallest absolute Gasteiger partial charge is 0.193 e. The lowest BCUT2D eigenvalue weighted by Crippen LogP contribution is -2.34. The molecule has 0 unspecified atom stereocenters. The van der Waals surface area contributed by atoms with Gasteiger partial charge in [-0.05, 0) is 12.1 Å². The van der Waals surface area contributed by atoms with Gasteiger partial charge in [-0.25, -0.2) is 0 Å². The molecule has 142 valence electrons. The fourth-order valence-electron chi connectivity index (χ4n) is 3.36. The van der Waals surface area contributed by atoms with Crippen molar-refractivity contribution in [2.45, 2.75) is 24.9 Å². The Morgan fingerprint density at radius 1 is 0.893 bits per heavy atom. The fourth-order valence-corrected chi connectivity index (χ4v) is 3.36. The van der Waals surface area contributed by atoms with Crippen LogP contribution in [0.2, 0.25) is 0 Å². The van der Waals surface area contributed by atoms with Crippen LogP contribution in [0.5, 0.6) is 5.75 Å². The summed E-state index contributed by atoms with van der Waals surface area (Å²) in [5, 5.41) is 0.522. The minimum absolute atomic E-state index is 0.0822. The van der Waals surface area contributed by atoms with Crippen LogP contribution in [0.25, 0.3) is 22.3 Å². The zero-order valence-corrected chi connectivity index (χ0v) is 15.9. The molecule has 0 fully saturated rings. The Hall–Kier alpha value is -3.33. The average Bonchev–Trinajstić information content (AvgIpc) is 2.69. The lowest BCUT2D eigenvalue weighted by Gasteiger charge is -2.32. The fraction of sp³-hybridized carbons (Fsp3) is 0.160. The van der Waals surface area contributed by atoms with Gasteiger partial charge in [0.15, 0.2) is 5.43 Å². The van der Waals surface area contributed by atoms with E-state index in [-0.39, 0.29) is 5.43 Å². The Morgan fingerprint density at radius 2 is 1.54 bits per heavy atom. The van der Waals surface area contributed by atoms with Gasteiger partial charge in [0.2, 0.25) is 0 Å². The van der Waals surface area contributed by atoms with Gasteiger partial charge < -0.3 is 9.15 Å². The van der Waals surface area contributed by atoms with E-state index in [0.717, 1.165) is 5.56 Å². The molecule has 2 aromatic carbocycles. The van der Waals surface area contributed by atoms with E-state index in [0.29, 0.717) is 41.7 Å². The van der Waals surface area contributed by atoms with E-state index in [2.05, 4.69) is 19.7 Å². The van der Waals surface area contributed by atoms with E-state index in [9.17, 15) is 4.79 Å². The van der Waals surface area contributed by atoms with Crippen molar-refractivity contribution in [1.82, 2.24) is 0 Å². The summed E-state index contributed by atoms with van der Waals surface area (Å²) in [5.41, 5.74) is 0.762. The Kier molecular flexibility index (Phi) is 5.95. The van der Waals surface area contributed by atoms with Crippen LogP contribution in [0.4, 0.5) is 0 Å². The number of benzene rings is 2. The number of hydrogen-bond donors (Lipinski definition) is 0. The molecule has 0 bridgehead atoms. The Labute approximate surface area is 165 Å². The summed E-state index contributed by atoms with van der Waals surface area (Å²) in [6.07, 6.45) is 7.45. The van der Waals surface area contributed by atoms with Gasteiger partial charge in [0.25, 0.3) is 0 Å². The molecule has 0 aliphatic heterocycles. The van der Waals surface area contributed by atoms with Gasteiger partial charge in [0, 0.05) is 37.0 Å². The van der Waals surface area contributed by atoms with Crippen molar-refractivity contribution < 1.29 is 9.15 Å². The lowest BCUT2D eigenvalue weighted by atomic mass is 9.91. The first-order valence-corrected chi connectivity index (χ1v) is 9.26. The third-order valence-corrected chi connectivity index (χ3v) is 4.64. The van der Waals surface area contributed by atoms with Crippen molar-refractivity contribution in [2.24, 2.45) is 0 Å². The third kappa shape index (κ3) is 4.15. The predicted molar refractivity (Wildman–Crippen MR) is 116 cm³/mol. The summed E-state index contributed by atoms with van der Waals surface area (Å²) in [5.74, 6) is 1.16. The van der Waals surface area contributed by atoms with Crippen LogP contribution in [0.1, 0.15) is 19.3 Å². The van der Waals surface area contributed by atoms with Crippen molar-refractivity contribution in [3.05, 3.63) is 103 Å². The van der Waals surface area contributed by atoms with Crippen LogP contribution < -0.4 is 10.2 Å². The van der Waals surface area contributed by atoms with E-state index in [1.165, 1.54) is 6.07 Å². The molecule has 0 N–H and O–H groups in total. The quantitative estimate of drug-likeness (QED) is 0.413. The molecule has 3 heteroatoms. The molecule has 1 aromatic heterocycles. The maximum absolute atomic E-state index is 12.5. The Balaban J connectivity index is 2.05. The average molecular weight is 372 g/mol. The van der Waals surface area contributed by atoms with Gasteiger partial charge in [-0.3, -0.25) is 4.79 Å². The maximum atomic E-state index is 12.5. The second kappa shape index (κ2) is 8.57. The van der Waals surface area contributed by atoms with E-state index in [1.54, 1.807) is 18.2 Å². The van der Waals surface area contributed by atoms with Crippen molar-refractivity contribution in [3.8, 4) is 17.1 Å². The van der Waals surface area contributed by atoms with Crippen LogP contribution in [-0.2, 0) is 0 Å². The number of fused-ring (bicyclic) bond motifs is 1. The molecule has 0 saturated carbocycles. The Morgan fingerprint density at radius 3 is 2.14 bits per heavy atom. The number of ether oxygens (including phenoxy) is 1. The van der Waals surface area contributed by atoms with Crippen LogP contribution in [0.15, 0.2) is 102 Å². The molecule has 0 radical (unpaired) electrons. The maximum Gasteiger partial charge on any atom is 0.193 e. The van der Waals surface area contributed by atoms with Crippen LogP contribution in [0.3, 0.4) is 0 Å². The van der Waals surface area contributed by atoms with Crippen molar-refractivity contribution in [3.63, 3.8) is 0 Å². The molecule has 1 heterocycles. The summed E-state index contributed by atoms with van der Waals surface area (Å²) in [6.45, 7) is 11.5. The van der Waals surface area contributed by atoms with Gasteiger partial charge in [0.05, 0.1) is 5.39 Å². The molecular weight excluding hydrogens is 348 g/mol. The largest absolute Gasteiger partial charge is 0.486 e. The zero-order valence-electron chi connectivity index (χ0n) is 15.9. The van der Waals surface area contributed by atoms with E-state index in [1.807, 2.05) is 48.6 Å². The highest BCUT2D eigenvalue weighted by Crippen LogP contribution is 2.32. The van der Waals surface area contributed by atoms with Crippen LogP contribution in [-0.4, -0.2) is 5.60 Å². The summed E-state index contributed by atoms with van der Waals surface area (Å²) in [7, 11) is 0. The molecule has 3 nitrogen and oxygen atoms in total. The molecule has 3 aromatic rings. The highest BCUT2D eigenvalue weighted by atomic mass is 16.5. The molecule has 0 amide bonds. The second-order valence-electron chi connectivity index (χ2n) is 6.76. The molecule has 0 aliphatic rings.